The van der Waals surface area contributed by atoms with Crippen molar-refractivity contribution in [2.75, 3.05) is 30.3 Å². The number of aromatic nitrogens is 2. The molecule has 5 nitrogen and oxygen atoms in total. The molecule has 0 spiro atoms. The van der Waals surface area contributed by atoms with E-state index in [4.69, 9.17) is 0 Å². The van der Waals surface area contributed by atoms with Crippen molar-refractivity contribution in [1.82, 2.24) is 15.3 Å². The highest BCUT2D eigenvalue weighted by atomic mass is 32.2. The smallest absolute Gasteiger partial charge is 0.230 e. The van der Waals surface area contributed by atoms with E-state index in [2.05, 4.69) is 15.3 Å². The summed E-state index contributed by atoms with van der Waals surface area (Å²) < 4.78 is 13.8. The van der Waals surface area contributed by atoms with E-state index in [-0.39, 0.29) is 11.7 Å². The van der Waals surface area contributed by atoms with E-state index in [0.717, 1.165) is 25.2 Å². The number of benzene rings is 1. The molecule has 132 valence electrons. The van der Waals surface area contributed by atoms with Gasteiger partial charge < -0.3 is 10.2 Å². The minimum Gasteiger partial charge on any atom is -0.369 e. The van der Waals surface area contributed by atoms with Crippen molar-refractivity contribution in [2.45, 2.75) is 18.5 Å². The third-order valence-corrected chi connectivity index (χ3v) is 5.03. The molecule has 1 aliphatic rings. The van der Waals surface area contributed by atoms with Crippen molar-refractivity contribution in [2.24, 2.45) is 5.92 Å². The van der Waals surface area contributed by atoms with E-state index < -0.39 is 0 Å². The van der Waals surface area contributed by atoms with E-state index in [9.17, 15) is 9.18 Å². The van der Waals surface area contributed by atoms with Gasteiger partial charge in [0.1, 0.15) is 5.82 Å². The second-order valence-corrected chi connectivity index (χ2v) is 7.07. The highest BCUT2D eigenvalue weighted by Gasteiger charge is 2.24. The standard InChI is InChI=1S/C18H21FN4OS/c1-13-6-8-20-18(22-13)25-12-17(24)21-10-14-7-9-23(11-14)16-5-3-2-4-15(16)19/h2-6,8,14H,7,9-12H2,1H3,(H,21,24). The molecule has 2 heterocycles. The molecule has 1 saturated heterocycles. The van der Waals surface area contributed by atoms with Crippen molar-refractivity contribution in [3.63, 3.8) is 0 Å². The zero-order valence-electron chi connectivity index (χ0n) is 14.1. The number of hydrogen-bond acceptors (Lipinski definition) is 5. The molecule has 0 bridgehead atoms. The van der Waals surface area contributed by atoms with Gasteiger partial charge in [-0.15, -0.1) is 0 Å². The number of halogens is 1. The fourth-order valence-electron chi connectivity index (χ4n) is 2.86. The normalized spacial score (nSPS) is 16.9. The second kappa shape index (κ2) is 8.29. The quantitative estimate of drug-likeness (QED) is 0.634. The Bertz CT molecular complexity index is 743. The Labute approximate surface area is 151 Å². The molecule has 1 N–H and O–H groups in total. The van der Waals surface area contributed by atoms with Gasteiger partial charge in [0.15, 0.2) is 5.16 Å². The molecule has 0 saturated carbocycles. The molecule has 2 aromatic rings. The van der Waals surface area contributed by atoms with Crippen molar-refractivity contribution in [1.29, 1.82) is 0 Å². The molecule has 0 radical (unpaired) electrons. The average molecular weight is 360 g/mol. The van der Waals surface area contributed by atoms with Crippen LogP contribution in [0.15, 0.2) is 41.7 Å². The van der Waals surface area contributed by atoms with Crippen LogP contribution in [0.1, 0.15) is 12.1 Å². The largest absolute Gasteiger partial charge is 0.369 e. The lowest BCUT2D eigenvalue weighted by atomic mass is 10.1. The molecular weight excluding hydrogens is 339 g/mol. The van der Waals surface area contributed by atoms with E-state index >= 15 is 0 Å². The lowest BCUT2D eigenvalue weighted by Gasteiger charge is -2.19. The number of nitrogens with zero attached hydrogens (tertiary/aromatic N) is 3. The van der Waals surface area contributed by atoms with Crippen LogP contribution in [-0.4, -0.2) is 41.3 Å². The maximum absolute atomic E-state index is 13.8. The highest BCUT2D eigenvalue weighted by Crippen LogP contribution is 2.25. The minimum absolute atomic E-state index is 0.0283. The fourth-order valence-corrected chi connectivity index (χ4v) is 3.57. The lowest BCUT2D eigenvalue weighted by molar-refractivity contribution is -0.118. The SMILES string of the molecule is Cc1ccnc(SCC(=O)NCC2CCN(c3ccccc3F)C2)n1. The van der Waals surface area contributed by atoms with Crippen LogP contribution in [0.4, 0.5) is 10.1 Å². The summed E-state index contributed by atoms with van der Waals surface area (Å²) >= 11 is 1.33. The van der Waals surface area contributed by atoms with Crippen LogP contribution in [0.3, 0.4) is 0 Å². The van der Waals surface area contributed by atoms with Crippen LogP contribution in [0.5, 0.6) is 0 Å². The van der Waals surface area contributed by atoms with E-state index in [1.807, 2.05) is 24.0 Å². The number of hydrogen-bond donors (Lipinski definition) is 1. The lowest BCUT2D eigenvalue weighted by Crippen LogP contribution is -2.32. The van der Waals surface area contributed by atoms with Gasteiger partial charge in [0.25, 0.3) is 0 Å². The van der Waals surface area contributed by atoms with Gasteiger partial charge in [-0.05, 0) is 37.5 Å². The zero-order valence-corrected chi connectivity index (χ0v) is 14.9. The van der Waals surface area contributed by atoms with Gasteiger partial charge >= 0.3 is 0 Å². The zero-order chi connectivity index (χ0) is 17.6. The molecule has 1 atom stereocenters. The van der Waals surface area contributed by atoms with Crippen molar-refractivity contribution in [3.05, 3.63) is 48.0 Å². The molecule has 1 fully saturated rings. The molecule has 1 aromatic carbocycles. The van der Waals surface area contributed by atoms with Gasteiger partial charge in [0.05, 0.1) is 11.4 Å². The Morgan fingerprint density at radius 3 is 3.04 bits per heavy atom. The first-order valence-corrected chi connectivity index (χ1v) is 9.29. The summed E-state index contributed by atoms with van der Waals surface area (Å²) in [5.74, 6) is 0.415. The predicted octanol–water partition coefficient (Wildman–Crippen LogP) is 2.66. The Kier molecular flexibility index (Phi) is 5.86. The molecule has 7 heteroatoms. The van der Waals surface area contributed by atoms with Crippen LogP contribution >= 0.6 is 11.8 Å². The third kappa shape index (κ3) is 4.92. The summed E-state index contributed by atoms with van der Waals surface area (Å²) in [5.41, 5.74) is 1.53. The Hall–Kier alpha value is -2.15. The molecule has 3 rings (SSSR count). The molecule has 1 aliphatic heterocycles. The molecule has 0 aliphatic carbocycles. The number of thioether (sulfide) groups is 1. The summed E-state index contributed by atoms with van der Waals surface area (Å²) in [6.07, 6.45) is 2.64. The first kappa shape index (κ1) is 17.7. The predicted molar refractivity (Wildman–Crippen MR) is 97.2 cm³/mol. The fraction of sp³-hybridized carbons (Fsp3) is 0.389. The number of anilines is 1. The van der Waals surface area contributed by atoms with E-state index in [1.54, 1.807) is 18.3 Å². The van der Waals surface area contributed by atoms with Crippen molar-refractivity contribution < 1.29 is 9.18 Å². The Morgan fingerprint density at radius 2 is 2.24 bits per heavy atom. The molecule has 25 heavy (non-hydrogen) atoms. The van der Waals surface area contributed by atoms with E-state index in [0.29, 0.717) is 29.1 Å². The van der Waals surface area contributed by atoms with E-state index in [1.165, 1.54) is 17.8 Å². The van der Waals surface area contributed by atoms with Gasteiger partial charge in [-0.1, -0.05) is 23.9 Å². The number of carbonyl (C=O) groups is 1. The van der Waals surface area contributed by atoms with Crippen LogP contribution < -0.4 is 10.2 Å². The summed E-state index contributed by atoms with van der Waals surface area (Å²) in [4.78, 5) is 22.4. The van der Waals surface area contributed by atoms with Crippen LogP contribution in [0.25, 0.3) is 0 Å². The van der Waals surface area contributed by atoms with Crippen molar-refractivity contribution in [3.8, 4) is 0 Å². The number of aryl methyl sites for hydroxylation is 1. The maximum atomic E-state index is 13.8. The van der Waals surface area contributed by atoms with Gasteiger partial charge in [0.2, 0.25) is 5.91 Å². The summed E-state index contributed by atoms with van der Waals surface area (Å²) in [5, 5.41) is 3.57. The Balaban J connectivity index is 1.42. The first-order valence-electron chi connectivity index (χ1n) is 8.30. The third-order valence-electron chi connectivity index (χ3n) is 4.17. The topological polar surface area (TPSA) is 58.1 Å². The molecular formula is C18H21FN4OS. The highest BCUT2D eigenvalue weighted by molar-refractivity contribution is 7.99. The van der Waals surface area contributed by atoms with Gasteiger partial charge in [-0.3, -0.25) is 4.79 Å². The number of amides is 1. The van der Waals surface area contributed by atoms with Crippen LogP contribution in [-0.2, 0) is 4.79 Å². The minimum atomic E-state index is -0.193. The average Bonchev–Trinajstić information content (AvgIpc) is 3.07. The van der Waals surface area contributed by atoms with Crippen LogP contribution in [0, 0.1) is 18.7 Å². The molecule has 1 amide bonds. The summed E-state index contributed by atoms with van der Waals surface area (Å²) in [6, 6.07) is 8.65. The monoisotopic (exact) mass is 360 g/mol. The number of rotatable bonds is 6. The molecule has 1 unspecified atom stereocenters. The maximum Gasteiger partial charge on any atom is 0.230 e. The van der Waals surface area contributed by atoms with Gasteiger partial charge in [-0.2, -0.15) is 0 Å². The molecule has 1 aromatic heterocycles. The number of para-hydroxylation sites is 1. The van der Waals surface area contributed by atoms with Gasteiger partial charge in [-0.25, -0.2) is 14.4 Å². The Morgan fingerprint density at radius 1 is 1.40 bits per heavy atom. The second-order valence-electron chi connectivity index (χ2n) is 6.13. The summed E-state index contributed by atoms with van der Waals surface area (Å²) in [6.45, 7) is 4.08. The number of carbonyl (C=O) groups excluding carboxylic acids is 1. The van der Waals surface area contributed by atoms with Crippen molar-refractivity contribution >= 4 is 23.4 Å². The van der Waals surface area contributed by atoms with Crippen LogP contribution in [0.2, 0.25) is 0 Å². The summed E-state index contributed by atoms with van der Waals surface area (Å²) in [7, 11) is 0. The number of nitrogens with one attached hydrogen (secondary N) is 1. The van der Waals surface area contributed by atoms with Gasteiger partial charge in [0, 0.05) is 31.5 Å². The first-order chi connectivity index (χ1) is 12.1.